The van der Waals surface area contributed by atoms with E-state index < -0.39 is 0 Å². The first kappa shape index (κ1) is 16.9. The van der Waals surface area contributed by atoms with E-state index in [9.17, 15) is 0 Å². The van der Waals surface area contributed by atoms with Crippen molar-refractivity contribution in [2.75, 3.05) is 27.4 Å². The molecule has 5 nitrogen and oxygen atoms in total. The first-order chi connectivity index (χ1) is 10.1. The molecule has 1 rings (SSSR count). The Morgan fingerprint density at radius 3 is 2.57 bits per heavy atom. The van der Waals surface area contributed by atoms with Gasteiger partial charge in [0.15, 0.2) is 11.9 Å². The molecule has 0 aromatic heterocycles. The molecule has 0 fully saturated rings. The van der Waals surface area contributed by atoms with Crippen LogP contribution in [-0.2, 0) is 9.47 Å². The second-order valence-electron chi connectivity index (χ2n) is 4.46. The molecule has 116 valence electrons. The van der Waals surface area contributed by atoms with Crippen LogP contribution in [0.1, 0.15) is 6.92 Å². The van der Waals surface area contributed by atoms with Gasteiger partial charge in [-0.3, -0.25) is 0 Å². The second kappa shape index (κ2) is 8.92. The van der Waals surface area contributed by atoms with E-state index in [1.165, 1.54) is 0 Å². The fraction of sp³-hybridized carbons (Fsp3) is 0.375. The van der Waals surface area contributed by atoms with Gasteiger partial charge in [0.1, 0.15) is 24.4 Å². The zero-order valence-electron chi connectivity index (χ0n) is 12.7. The lowest BCUT2D eigenvalue weighted by Crippen LogP contribution is -2.26. The quantitative estimate of drug-likeness (QED) is 0.560. The summed E-state index contributed by atoms with van der Waals surface area (Å²) >= 11 is 0. The zero-order chi connectivity index (χ0) is 15.7. The average Bonchev–Trinajstić information content (AvgIpc) is 2.49. The summed E-state index contributed by atoms with van der Waals surface area (Å²) in [6.45, 7) is 6.07. The van der Waals surface area contributed by atoms with Gasteiger partial charge in [-0.15, -0.1) is 0 Å². The summed E-state index contributed by atoms with van der Waals surface area (Å²) < 4.78 is 21.5. The predicted molar refractivity (Wildman–Crippen MR) is 80.8 cm³/mol. The molecule has 0 saturated carbocycles. The monoisotopic (exact) mass is 294 g/mol. The molecule has 0 saturated heterocycles. The molecule has 0 aliphatic carbocycles. The fourth-order valence-corrected chi connectivity index (χ4v) is 1.60. The molecule has 0 aliphatic heterocycles. The van der Waals surface area contributed by atoms with Gasteiger partial charge in [0, 0.05) is 13.2 Å². The molecule has 1 atom stereocenters. The molecule has 0 amide bonds. The molecule has 0 spiro atoms. The summed E-state index contributed by atoms with van der Waals surface area (Å²) in [5.41, 5.74) is 0.625. The first-order valence-corrected chi connectivity index (χ1v) is 6.53. The molecule has 1 aromatic rings. The van der Waals surface area contributed by atoms with Crippen LogP contribution in [0.15, 0.2) is 48.4 Å². The van der Waals surface area contributed by atoms with Crippen LogP contribution < -0.4 is 9.47 Å². The van der Waals surface area contributed by atoms with Crippen molar-refractivity contribution in [3.63, 3.8) is 0 Å². The normalized spacial score (nSPS) is 12.6. The van der Waals surface area contributed by atoms with Gasteiger partial charge < -0.3 is 24.1 Å². The first-order valence-electron chi connectivity index (χ1n) is 6.53. The average molecular weight is 294 g/mol. The lowest BCUT2D eigenvalue weighted by Gasteiger charge is -2.20. The van der Waals surface area contributed by atoms with Gasteiger partial charge in [-0.1, -0.05) is 12.6 Å². The van der Waals surface area contributed by atoms with Crippen LogP contribution in [0.25, 0.3) is 0 Å². The van der Waals surface area contributed by atoms with E-state index in [4.69, 9.17) is 24.1 Å². The molecule has 5 heteroatoms. The predicted octanol–water partition coefficient (Wildman–Crippen LogP) is 3.08. The van der Waals surface area contributed by atoms with E-state index in [0.717, 1.165) is 12.0 Å². The molecular formula is C16H22O5. The van der Waals surface area contributed by atoms with Crippen molar-refractivity contribution >= 4 is 0 Å². The highest BCUT2D eigenvalue weighted by Gasteiger charge is 2.14. The van der Waals surface area contributed by atoms with Crippen LogP contribution in [0.3, 0.4) is 0 Å². The van der Waals surface area contributed by atoms with Gasteiger partial charge in [0.05, 0.1) is 13.7 Å². The minimum absolute atomic E-state index is 0.269. The van der Waals surface area contributed by atoms with E-state index in [-0.39, 0.29) is 12.7 Å². The highest BCUT2D eigenvalue weighted by molar-refractivity contribution is 5.32. The van der Waals surface area contributed by atoms with Crippen molar-refractivity contribution in [3.05, 3.63) is 48.4 Å². The summed E-state index contributed by atoms with van der Waals surface area (Å²) in [6, 6.07) is 7.29. The minimum atomic E-state index is -0.365. The van der Waals surface area contributed by atoms with E-state index in [1.807, 2.05) is 18.2 Å². The van der Waals surface area contributed by atoms with Crippen LogP contribution in [0.4, 0.5) is 0 Å². The fourth-order valence-electron chi connectivity index (χ4n) is 1.60. The molecule has 0 bridgehead atoms. The number of methoxy groups -OCH3 is 2. The van der Waals surface area contributed by atoms with Crippen molar-refractivity contribution in [2.24, 2.45) is 0 Å². The van der Waals surface area contributed by atoms with Crippen LogP contribution in [0.5, 0.6) is 11.5 Å². The maximum atomic E-state index is 9.12. The molecule has 1 N–H and O–H groups in total. The van der Waals surface area contributed by atoms with Crippen molar-refractivity contribution in [3.8, 4) is 11.5 Å². The number of rotatable bonds is 9. The van der Waals surface area contributed by atoms with E-state index in [1.54, 1.807) is 27.2 Å². The number of hydrogen-bond donors (Lipinski definition) is 1. The number of benzene rings is 1. The van der Waals surface area contributed by atoms with Crippen LogP contribution in [0.2, 0.25) is 0 Å². The highest BCUT2D eigenvalue weighted by atomic mass is 16.6. The van der Waals surface area contributed by atoms with Gasteiger partial charge in [0.2, 0.25) is 0 Å². The van der Waals surface area contributed by atoms with Gasteiger partial charge >= 0.3 is 0 Å². The summed E-state index contributed by atoms with van der Waals surface area (Å²) in [4.78, 5) is 0. The van der Waals surface area contributed by atoms with E-state index in [0.29, 0.717) is 23.7 Å². The summed E-state index contributed by atoms with van der Waals surface area (Å²) in [6.07, 6.45) is 0.521. The SMILES string of the molecule is C=C(C)/C(=C/O)OC(COC)COc1cccc(OC)c1. The number of aliphatic hydroxyl groups is 1. The lowest BCUT2D eigenvalue weighted by atomic mass is 10.3. The molecular weight excluding hydrogens is 272 g/mol. The summed E-state index contributed by atoms with van der Waals surface area (Å²) in [7, 11) is 3.17. The van der Waals surface area contributed by atoms with Gasteiger partial charge in [0.25, 0.3) is 0 Å². The summed E-state index contributed by atoms with van der Waals surface area (Å²) in [5.74, 6) is 1.70. The Kier molecular flexibility index (Phi) is 7.18. The number of allylic oxidation sites excluding steroid dienone is 1. The van der Waals surface area contributed by atoms with Crippen molar-refractivity contribution < 1.29 is 24.1 Å². The Bertz CT molecular complexity index is 481. The maximum Gasteiger partial charge on any atom is 0.156 e. The Morgan fingerprint density at radius 1 is 1.29 bits per heavy atom. The Hall–Kier alpha value is -2.14. The molecule has 0 heterocycles. The Morgan fingerprint density at radius 2 is 2.00 bits per heavy atom. The highest BCUT2D eigenvalue weighted by Crippen LogP contribution is 2.20. The standard InChI is InChI=1S/C16H22O5/c1-12(2)16(9-17)21-15(10-18-3)11-20-14-7-5-6-13(8-14)19-4/h5-9,15,17H,1,10-11H2,2-4H3/b16-9-. The number of hydrogen-bond acceptors (Lipinski definition) is 5. The lowest BCUT2D eigenvalue weighted by molar-refractivity contribution is 0.00901. The Balaban J connectivity index is 2.63. The maximum absolute atomic E-state index is 9.12. The van der Waals surface area contributed by atoms with Crippen LogP contribution in [-0.4, -0.2) is 38.6 Å². The van der Waals surface area contributed by atoms with E-state index in [2.05, 4.69) is 6.58 Å². The van der Waals surface area contributed by atoms with Gasteiger partial charge in [-0.2, -0.15) is 0 Å². The van der Waals surface area contributed by atoms with Crippen LogP contribution in [0, 0.1) is 0 Å². The van der Waals surface area contributed by atoms with Crippen molar-refractivity contribution in [2.45, 2.75) is 13.0 Å². The largest absolute Gasteiger partial charge is 0.512 e. The third-order valence-electron chi connectivity index (χ3n) is 2.66. The van der Waals surface area contributed by atoms with Crippen molar-refractivity contribution in [1.29, 1.82) is 0 Å². The van der Waals surface area contributed by atoms with Gasteiger partial charge in [-0.25, -0.2) is 0 Å². The van der Waals surface area contributed by atoms with E-state index >= 15 is 0 Å². The van der Waals surface area contributed by atoms with Gasteiger partial charge in [-0.05, 0) is 24.6 Å². The second-order valence-corrected chi connectivity index (χ2v) is 4.46. The number of ether oxygens (including phenoxy) is 4. The molecule has 1 unspecified atom stereocenters. The molecule has 0 aliphatic rings. The Labute approximate surface area is 125 Å². The van der Waals surface area contributed by atoms with Crippen molar-refractivity contribution in [1.82, 2.24) is 0 Å². The summed E-state index contributed by atoms with van der Waals surface area (Å²) in [5, 5.41) is 9.12. The van der Waals surface area contributed by atoms with Crippen LogP contribution >= 0.6 is 0 Å². The molecule has 1 aromatic carbocycles. The number of aliphatic hydroxyl groups excluding tert-OH is 1. The zero-order valence-corrected chi connectivity index (χ0v) is 12.7. The minimum Gasteiger partial charge on any atom is -0.512 e. The molecule has 21 heavy (non-hydrogen) atoms. The topological polar surface area (TPSA) is 57.2 Å². The third-order valence-corrected chi connectivity index (χ3v) is 2.66. The molecule has 0 radical (unpaired) electrons. The smallest absolute Gasteiger partial charge is 0.156 e. The third kappa shape index (κ3) is 5.79.